The number of aliphatic carboxylic acids is 1. The maximum atomic E-state index is 13.6. The first-order chi connectivity index (χ1) is 20.1. The van der Waals surface area contributed by atoms with Crippen LogP contribution in [0.4, 0.5) is 13.2 Å². The molecular weight excluding hydrogens is 622 g/mol. The maximum absolute atomic E-state index is 13.6. The summed E-state index contributed by atoms with van der Waals surface area (Å²) in [5, 5.41) is 9.01. The molecule has 0 atom stereocenters. The lowest BCUT2D eigenvalue weighted by Crippen LogP contribution is -2.31. The highest BCUT2D eigenvalue weighted by Crippen LogP contribution is 2.37. The first-order valence-electron chi connectivity index (χ1n) is 13.4. The molecule has 0 aromatic heterocycles. The van der Waals surface area contributed by atoms with E-state index in [1.54, 1.807) is 24.3 Å². The predicted octanol–water partition coefficient (Wildman–Crippen LogP) is 9.16. The van der Waals surface area contributed by atoms with E-state index < -0.39 is 17.7 Å². The minimum Gasteiger partial charge on any atom is -0.492 e. The second kappa shape index (κ2) is 16.0. The van der Waals surface area contributed by atoms with Gasteiger partial charge in [-0.15, -0.1) is 12.4 Å². The highest BCUT2D eigenvalue weighted by molar-refractivity contribution is 6.32. The minimum absolute atomic E-state index is 0. The van der Waals surface area contributed by atoms with Crippen molar-refractivity contribution in [1.82, 2.24) is 4.90 Å². The molecule has 43 heavy (non-hydrogen) atoms. The molecule has 0 radical (unpaired) electrons. The van der Waals surface area contributed by atoms with Crippen molar-refractivity contribution in [2.45, 2.75) is 31.5 Å². The normalized spacial score (nSPS) is 11.4. The molecule has 228 valence electrons. The summed E-state index contributed by atoms with van der Waals surface area (Å²) in [7, 11) is 0. The van der Waals surface area contributed by atoms with Gasteiger partial charge >= 0.3 is 12.1 Å². The largest absolute Gasteiger partial charge is 0.492 e. The van der Waals surface area contributed by atoms with E-state index in [0.29, 0.717) is 48.0 Å². The predicted molar refractivity (Wildman–Crippen MR) is 167 cm³/mol. The van der Waals surface area contributed by atoms with Gasteiger partial charge in [0.05, 0.1) is 28.6 Å². The third kappa shape index (κ3) is 9.90. The lowest BCUT2D eigenvalue weighted by Gasteiger charge is -2.29. The molecule has 0 heterocycles. The van der Waals surface area contributed by atoms with Gasteiger partial charge in [-0.25, -0.2) is 0 Å². The van der Waals surface area contributed by atoms with Crippen LogP contribution in [-0.4, -0.2) is 35.7 Å². The molecule has 0 unspecified atom stereocenters. The number of alkyl halides is 3. The molecule has 10 heteroatoms. The average molecular weight is 653 g/mol. The Balaban J connectivity index is 0.00000506. The SMILES string of the molecule is Cl.O=C(O)Cc1ccc(OCCCN(Cc2cccc(C(F)(F)F)c2Cl)CC(c2ccccc2)c2ccccc2)c(Cl)c1. The van der Waals surface area contributed by atoms with Gasteiger partial charge in [0.25, 0.3) is 0 Å². The first kappa shape index (κ1) is 34.3. The number of ether oxygens (including phenoxy) is 1. The van der Waals surface area contributed by atoms with Gasteiger partial charge in [0.1, 0.15) is 5.75 Å². The Hall–Kier alpha value is -3.23. The van der Waals surface area contributed by atoms with Crippen molar-refractivity contribution in [2.24, 2.45) is 0 Å². The first-order valence-corrected chi connectivity index (χ1v) is 14.2. The summed E-state index contributed by atoms with van der Waals surface area (Å²) in [5.41, 5.74) is 2.29. The molecule has 0 spiro atoms. The summed E-state index contributed by atoms with van der Waals surface area (Å²) in [6.07, 6.45) is -4.14. The van der Waals surface area contributed by atoms with E-state index in [9.17, 15) is 18.0 Å². The number of nitrogens with zero attached hydrogens (tertiary/aromatic N) is 1. The van der Waals surface area contributed by atoms with Crippen LogP contribution in [0.5, 0.6) is 5.75 Å². The molecule has 0 amide bonds. The van der Waals surface area contributed by atoms with Gasteiger partial charge in [-0.1, -0.05) is 102 Å². The van der Waals surface area contributed by atoms with Gasteiger partial charge in [-0.05, 0) is 46.9 Å². The molecule has 0 saturated heterocycles. The fourth-order valence-corrected chi connectivity index (χ4v) is 5.40. The summed E-state index contributed by atoms with van der Waals surface area (Å²) < 4.78 is 46.7. The second-order valence-corrected chi connectivity index (χ2v) is 10.7. The van der Waals surface area contributed by atoms with Gasteiger partial charge in [0.15, 0.2) is 0 Å². The van der Waals surface area contributed by atoms with Crippen molar-refractivity contribution in [2.75, 3.05) is 19.7 Å². The highest BCUT2D eigenvalue weighted by Gasteiger charge is 2.34. The fraction of sp³-hybridized carbons (Fsp3) is 0.242. The van der Waals surface area contributed by atoms with Crippen LogP contribution in [0.25, 0.3) is 0 Å². The van der Waals surface area contributed by atoms with Crippen molar-refractivity contribution in [3.63, 3.8) is 0 Å². The zero-order valence-corrected chi connectivity index (χ0v) is 25.4. The third-order valence-electron chi connectivity index (χ3n) is 6.85. The monoisotopic (exact) mass is 651 g/mol. The van der Waals surface area contributed by atoms with Crippen LogP contribution in [-0.2, 0) is 23.9 Å². The van der Waals surface area contributed by atoms with Crippen LogP contribution < -0.4 is 4.74 Å². The van der Waals surface area contributed by atoms with Crippen molar-refractivity contribution < 1.29 is 27.8 Å². The van der Waals surface area contributed by atoms with Crippen LogP contribution in [0.2, 0.25) is 10.0 Å². The molecular formula is C33H31Cl3F3NO3. The van der Waals surface area contributed by atoms with E-state index in [4.69, 9.17) is 33.0 Å². The van der Waals surface area contributed by atoms with E-state index in [2.05, 4.69) is 4.90 Å². The van der Waals surface area contributed by atoms with Crippen LogP contribution >= 0.6 is 35.6 Å². The number of rotatable bonds is 13. The summed E-state index contributed by atoms with van der Waals surface area (Å²) in [6.45, 7) is 1.55. The minimum atomic E-state index is -4.55. The zero-order chi connectivity index (χ0) is 30.1. The zero-order valence-electron chi connectivity index (χ0n) is 23.1. The lowest BCUT2D eigenvalue weighted by atomic mass is 9.90. The Morgan fingerprint density at radius 1 is 0.884 bits per heavy atom. The summed E-state index contributed by atoms with van der Waals surface area (Å²) in [4.78, 5) is 13.1. The Labute approximate surface area is 265 Å². The number of carboxylic acid groups (broad SMARTS) is 1. The van der Waals surface area contributed by atoms with Gasteiger partial charge in [-0.3, -0.25) is 9.69 Å². The van der Waals surface area contributed by atoms with E-state index in [-0.39, 0.29) is 36.3 Å². The Bertz CT molecular complexity index is 1430. The molecule has 1 N–H and O–H groups in total. The number of halogens is 6. The summed E-state index contributed by atoms with van der Waals surface area (Å²) >= 11 is 12.6. The number of hydrogen-bond donors (Lipinski definition) is 1. The van der Waals surface area contributed by atoms with Crippen molar-refractivity contribution in [1.29, 1.82) is 0 Å². The molecule has 0 fully saturated rings. The summed E-state index contributed by atoms with van der Waals surface area (Å²) in [5.74, 6) is -0.552. The van der Waals surface area contributed by atoms with Crippen LogP contribution in [0.15, 0.2) is 97.1 Å². The Kier molecular flexibility index (Phi) is 12.8. The van der Waals surface area contributed by atoms with Crippen molar-refractivity contribution in [3.05, 3.63) is 135 Å². The van der Waals surface area contributed by atoms with Crippen molar-refractivity contribution in [3.8, 4) is 5.75 Å². The van der Waals surface area contributed by atoms with Crippen molar-refractivity contribution >= 4 is 41.6 Å². The fourth-order valence-electron chi connectivity index (χ4n) is 4.85. The van der Waals surface area contributed by atoms with Crippen LogP contribution in [0.3, 0.4) is 0 Å². The molecule has 0 aliphatic carbocycles. The highest BCUT2D eigenvalue weighted by atomic mass is 35.5. The number of benzene rings is 4. The number of hydrogen-bond acceptors (Lipinski definition) is 3. The second-order valence-electron chi connectivity index (χ2n) is 9.92. The molecule has 0 aliphatic heterocycles. The van der Waals surface area contributed by atoms with E-state index in [1.807, 2.05) is 60.7 Å². The Morgan fingerprint density at radius 2 is 1.51 bits per heavy atom. The quantitative estimate of drug-likeness (QED) is 0.146. The van der Waals surface area contributed by atoms with Crippen LogP contribution in [0, 0.1) is 0 Å². The maximum Gasteiger partial charge on any atom is 0.417 e. The smallest absolute Gasteiger partial charge is 0.417 e. The van der Waals surface area contributed by atoms with Gasteiger partial charge in [-0.2, -0.15) is 13.2 Å². The standard InChI is InChI=1S/C33H30Cl2F3NO3.ClH/c34-29-19-23(20-31(40)41)15-16-30(29)42-18-8-17-39(21-26-13-7-14-28(32(26)35)33(36,37)38)22-27(24-9-3-1-4-10-24)25-11-5-2-6-12-25;/h1-7,9-16,19,27H,8,17-18,20-22H2,(H,40,41);1H. The molecule has 4 rings (SSSR count). The van der Waals surface area contributed by atoms with Gasteiger partial charge in [0, 0.05) is 25.6 Å². The van der Waals surface area contributed by atoms with E-state index in [0.717, 1.165) is 17.2 Å². The van der Waals surface area contributed by atoms with E-state index in [1.165, 1.54) is 6.07 Å². The van der Waals surface area contributed by atoms with E-state index >= 15 is 0 Å². The molecule has 4 aromatic rings. The molecule has 0 bridgehead atoms. The average Bonchev–Trinajstić information content (AvgIpc) is 2.95. The third-order valence-corrected chi connectivity index (χ3v) is 7.59. The summed E-state index contributed by atoms with van der Waals surface area (Å²) in [6, 6.07) is 28.8. The Morgan fingerprint density at radius 3 is 2.07 bits per heavy atom. The molecule has 4 nitrogen and oxygen atoms in total. The van der Waals surface area contributed by atoms with Crippen LogP contribution in [0.1, 0.15) is 40.2 Å². The van der Waals surface area contributed by atoms with Gasteiger partial charge < -0.3 is 9.84 Å². The number of carboxylic acids is 1. The topological polar surface area (TPSA) is 49.8 Å². The lowest BCUT2D eigenvalue weighted by molar-refractivity contribution is -0.138. The molecule has 0 aliphatic rings. The van der Waals surface area contributed by atoms with Gasteiger partial charge in [0.2, 0.25) is 0 Å². The molecule has 4 aromatic carbocycles. The number of carbonyl (C=O) groups is 1. The molecule has 0 saturated carbocycles.